The minimum Gasteiger partial charge on any atom is -0.465 e. The standard InChI is InChI=1S/C8H7N3O2/c9-2-6-1-7(4-10-3-6)5-11-8(12)13/h1,3-4,11H,5H2,(H,12,13). The Hall–Kier alpha value is -2.09. The van der Waals surface area contributed by atoms with Crippen molar-refractivity contribution >= 4 is 6.09 Å². The van der Waals surface area contributed by atoms with E-state index in [1.807, 2.05) is 6.07 Å². The van der Waals surface area contributed by atoms with Crippen LogP contribution in [-0.2, 0) is 6.54 Å². The van der Waals surface area contributed by atoms with Gasteiger partial charge in [-0.3, -0.25) is 4.98 Å². The predicted octanol–water partition coefficient (Wildman–Crippen LogP) is 0.721. The first-order chi connectivity index (χ1) is 6.22. The van der Waals surface area contributed by atoms with Crippen LogP contribution in [0.1, 0.15) is 11.1 Å². The minimum absolute atomic E-state index is 0.165. The average molecular weight is 177 g/mol. The van der Waals surface area contributed by atoms with Crippen LogP contribution in [0, 0.1) is 11.3 Å². The normalized spacial score (nSPS) is 8.85. The fourth-order valence-corrected chi connectivity index (χ4v) is 0.823. The summed E-state index contributed by atoms with van der Waals surface area (Å²) in [5.41, 5.74) is 1.09. The lowest BCUT2D eigenvalue weighted by molar-refractivity contribution is 0.194. The molecule has 0 fully saturated rings. The zero-order valence-electron chi connectivity index (χ0n) is 6.69. The van der Waals surface area contributed by atoms with Crippen LogP contribution in [0.5, 0.6) is 0 Å². The van der Waals surface area contributed by atoms with E-state index >= 15 is 0 Å². The third-order valence-electron chi connectivity index (χ3n) is 1.37. The SMILES string of the molecule is N#Cc1cncc(CNC(=O)O)c1. The maximum absolute atomic E-state index is 10.1. The number of carbonyl (C=O) groups is 1. The number of rotatable bonds is 2. The van der Waals surface area contributed by atoms with E-state index < -0.39 is 6.09 Å². The molecule has 2 N–H and O–H groups in total. The predicted molar refractivity (Wildman–Crippen MR) is 43.8 cm³/mol. The molecule has 1 aromatic heterocycles. The fourth-order valence-electron chi connectivity index (χ4n) is 0.823. The number of pyridine rings is 1. The first-order valence-electron chi connectivity index (χ1n) is 3.53. The van der Waals surface area contributed by atoms with Crippen LogP contribution >= 0.6 is 0 Å². The molecule has 0 aromatic carbocycles. The van der Waals surface area contributed by atoms with E-state index in [2.05, 4.69) is 10.3 Å². The molecular formula is C8H7N3O2. The van der Waals surface area contributed by atoms with E-state index in [1.165, 1.54) is 12.4 Å². The van der Waals surface area contributed by atoms with Crippen molar-refractivity contribution in [1.82, 2.24) is 10.3 Å². The summed E-state index contributed by atoms with van der Waals surface area (Å²) in [4.78, 5) is 13.9. The zero-order chi connectivity index (χ0) is 9.68. The summed E-state index contributed by atoms with van der Waals surface area (Å²) in [5.74, 6) is 0. The molecule has 13 heavy (non-hydrogen) atoms. The summed E-state index contributed by atoms with van der Waals surface area (Å²) in [7, 11) is 0. The van der Waals surface area contributed by atoms with Crippen molar-refractivity contribution in [2.45, 2.75) is 6.54 Å². The Morgan fingerprint density at radius 1 is 1.69 bits per heavy atom. The van der Waals surface area contributed by atoms with Crippen LogP contribution in [-0.4, -0.2) is 16.2 Å². The van der Waals surface area contributed by atoms with Gasteiger partial charge in [-0.05, 0) is 11.6 Å². The highest BCUT2D eigenvalue weighted by atomic mass is 16.4. The van der Waals surface area contributed by atoms with Crippen LogP contribution in [0.4, 0.5) is 4.79 Å². The third kappa shape index (κ3) is 2.79. The Kier molecular flexibility index (Phi) is 2.82. The average Bonchev–Trinajstić information content (AvgIpc) is 2.15. The number of carboxylic acid groups (broad SMARTS) is 1. The van der Waals surface area contributed by atoms with Gasteiger partial charge in [-0.1, -0.05) is 0 Å². The van der Waals surface area contributed by atoms with Crippen molar-refractivity contribution in [3.63, 3.8) is 0 Å². The number of amides is 1. The van der Waals surface area contributed by atoms with Crippen LogP contribution < -0.4 is 5.32 Å². The van der Waals surface area contributed by atoms with Crippen molar-refractivity contribution < 1.29 is 9.90 Å². The first-order valence-corrected chi connectivity index (χ1v) is 3.53. The molecule has 0 bridgehead atoms. The lowest BCUT2D eigenvalue weighted by Gasteiger charge is -1.99. The van der Waals surface area contributed by atoms with Gasteiger partial charge in [-0.25, -0.2) is 4.79 Å². The van der Waals surface area contributed by atoms with Crippen molar-refractivity contribution in [1.29, 1.82) is 5.26 Å². The van der Waals surface area contributed by atoms with Crippen molar-refractivity contribution in [3.05, 3.63) is 29.6 Å². The second-order valence-electron chi connectivity index (χ2n) is 2.35. The van der Waals surface area contributed by atoms with E-state index in [0.717, 1.165) is 0 Å². The molecular weight excluding hydrogens is 170 g/mol. The maximum atomic E-state index is 10.1. The van der Waals surface area contributed by atoms with E-state index in [1.54, 1.807) is 6.07 Å². The molecule has 5 nitrogen and oxygen atoms in total. The molecule has 1 heterocycles. The Labute approximate surface area is 74.6 Å². The van der Waals surface area contributed by atoms with Crippen LogP contribution in [0.15, 0.2) is 18.5 Å². The Balaban J connectivity index is 2.68. The van der Waals surface area contributed by atoms with Gasteiger partial charge in [0.05, 0.1) is 5.56 Å². The largest absolute Gasteiger partial charge is 0.465 e. The smallest absolute Gasteiger partial charge is 0.404 e. The Morgan fingerprint density at radius 3 is 3.08 bits per heavy atom. The minimum atomic E-state index is -1.10. The van der Waals surface area contributed by atoms with Gasteiger partial charge < -0.3 is 10.4 Å². The molecule has 0 saturated heterocycles. The molecule has 1 rings (SSSR count). The number of hydrogen-bond donors (Lipinski definition) is 2. The molecule has 66 valence electrons. The van der Waals surface area contributed by atoms with Crippen LogP contribution in [0.3, 0.4) is 0 Å². The third-order valence-corrected chi connectivity index (χ3v) is 1.37. The molecule has 0 spiro atoms. The molecule has 0 atom stereocenters. The quantitative estimate of drug-likeness (QED) is 0.696. The van der Waals surface area contributed by atoms with Gasteiger partial charge in [0.2, 0.25) is 0 Å². The van der Waals surface area contributed by atoms with Gasteiger partial charge in [0.15, 0.2) is 0 Å². The lowest BCUT2D eigenvalue weighted by Crippen LogP contribution is -2.19. The summed E-state index contributed by atoms with van der Waals surface area (Å²) in [6, 6.07) is 3.50. The Bertz CT molecular complexity index is 357. The molecule has 0 radical (unpaired) electrons. The molecule has 5 heteroatoms. The second kappa shape index (κ2) is 4.07. The molecule has 0 aliphatic rings. The monoisotopic (exact) mass is 177 g/mol. The summed E-state index contributed by atoms with van der Waals surface area (Å²) >= 11 is 0. The molecule has 0 unspecified atom stereocenters. The van der Waals surface area contributed by atoms with Crippen LogP contribution in [0.2, 0.25) is 0 Å². The van der Waals surface area contributed by atoms with E-state index in [-0.39, 0.29) is 6.54 Å². The summed E-state index contributed by atoms with van der Waals surface area (Å²) < 4.78 is 0. The molecule has 0 aliphatic heterocycles. The number of nitrogens with zero attached hydrogens (tertiary/aromatic N) is 2. The Morgan fingerprint density at radius 2 is 2.46 bits per heavy atom. The number of nitriles is 1. The van der Waals surface area contributed by atoms with Gasteiger partial charge in [0.1, 0.15) is 6.07 Å². The first kappa shape index (κ1) is 9.00. The van der Waals surface area contributed by atoms with E-state index in [4.69, 9.17) is 10.4 Å². The number of aromatic nitrogens is 1. The highest BCUT2D eigenvalue weighted by Gasteiger charge is 1.98. The summed E-state index contributed by atoms with van der Waals surface area (Å²) in [5, 5.41) is 19.0. The maximum Gasteiger partial charge on any atom is 0.404 e. The summed E-state index contributed by atoms with van der Waals surface area (Å²) in [6.45, 7) is 0.165. The molecule has 1 amide bonds. The van der Waals surface area contributed by atoms with Crippen molar-refractivity contribution in [2.24, 2.45) is 0 Å². The van der Waals surface area contributed by atoms with E-state index in [0.29, 0.717) is 11.1 Å². The fraction of sp³-hybridized carbons (Fsp3) is 0.125. The topological polar surface area (TPSA) is 86.0 Å². The highest BCUT2D eigenvalue weighted by molar-refractivity contribution is 5.64. The number of nitrogens with one attached hydrogen (secondary N) is 1. The molecule has 0 saturated carbocycles. The zero-order valence-corrected chi connectivity index (χ0v) is 6.69. The van der Waals surface area contributed by atoms with Gasteiger partial charge >= 0.3 is 6.09 Å². The van der Waals surface area contributed by atoms with E-state index in [9.17, 15) is 4.79 Å². The van der Waals surface area contributed by atoms with Gasteiger partial charge in [0.25, 0.3) is 0 Å². The molecule has 1 aromatic rings. The van der Waals surface area contributed by atoms with Crippen LogP contribution in [0.25, 0.3) is 0 Å². The van der Waals surface area contributed by atoms with Gasteiger partial charge in [-0.15, -0.1) is 0 Å². The van der Waals surface area contributed by atoms with Gasteiger partial charge in [0, 0.05) is 18.9 Å². The number of hydrogen-bond acceptors (Lipinski definition) is 3. The second-order valence-corrected chi connectivity index (χ2v) is 2.35. The lowest BCUT2D eigenvalue weighted by atomic mass is 10.2. The molecule has 0 aliphatic carbocycles. The highest BCUT2D eigenvalue weighted by Crippen LogP contribution is 2.00. The van der Waals surface area contributed by atoms with Crippen molar-refractivity contribution in [2.75, 3.05) is 0 Å². The summed E-state index contributed by atoms with van der Waals surface area (Å²) in [6.07, 6.45) is 1.84. The van der Waals surface area contributed by atoms with Gasteiger partial charge in [-0.2, -0.15) is 5.26 Å². The van der Waals surface area contributed by atoms with Crippen molar-refractivity contribution in [3.8, 4) is 6.07 Å².